The minimum absolute atomic E-state index is 0.138. The van der Waals surface area contributed by atoms with Gasteiger partial charge in [0.1, 0.15) is 5.82 Å². The third-order valence-electron chi connectivity index (χ3n) is 2.54. The third kappa shape index (κ3) is 4.33. The van der Waals surface area contributed by atoms with Gasteiger partial charge in [-0.25, -0.2) is 17.5 Å². The molecule has 0 aliphatic heterocycles. The van der Waals surface area contributed by atoms with E-state index in [4.69, 9.17) is 4.74 Å². The molecule has 0 aliphatic carbocycles. The maximum Gasteiger partial charge on any atom is 0.241 e. The van der Waals surface area contributed by atoms with Crippen molar-refractivity contribution in [3.63, 3.8) is 0 Å². The van der Waals surface area contributed by atoms with E-state index in [0.29, 0.717) is 24.2 Å². The van der Waals surface area contributed by atoms with Crippen LogP contribution in [-0.2, 0) is 14.8 Å². The van der Waals surface area contributed by atoms with Gasteiger partial charge in [0.05, 0.1) is 17.8 Å². The molecule has 0 saturated heterocycles. The molecule has 0 unspecified atom stereocenters. The Bertz CT molecular complexity index is 532. The highest BCUT2D eigenvalue weighted by Crippen LogP contribution is 2.21. The summed E-state index contributed by atoms with van der Waals surface area (Å²) >= 11 is 0. The van der Waals surface area contributed by atoms with E-state index >= 15 is 0 Å². The van der Waals surface area contributed by atoms with E-state index < -0.39 is 15.8 Å². The normalized spacial score (nSPS) is 11.3. The summed E-state index contributed by atoms with van der Waals surface area (Å²) in [4.78, 5) is 0.138. The lowest BCUT2D eigenvalue weighted by Crippen LogP contribution is -2.27. The fourth-order valence-electron chi connectivity index (χ4n) is 1.84. The zero-order valence-electron chi connectivity index (χ0n) is 11.1. The van der Waals surface area contributed by atoms with E-state index in [9.17, 15) is 12.8 Å². The van der Waals surface area contributed by atoms with Crippen LogP contribution in [0.5, 0.6) is 0 Å². The minimum Gasteiger partial charge on any atom is -0.502 e. The molecule has 0 bridgehead atoms. The van der Waals surface area contributed by atoms with Crippen LogP contribution in [0, 0.1) is 19.7 Å². The minimum atomic E-state index is -3.62. The molecular weight excluding hydrogens is 269 g/mol. The second-order valence-corrected chi connectivity index (χ2v) is 5.86. The van der Waals surface area contributed by atoms with Crippen LogP contribution in [0.15, 0.2) is 29.9 Å². The number of ether oxygens (including phenoxy) is 1. The van der Waals surface area contributed by atoms with E-state index in [2.05, 4.69) is 11.3 Å². The molecule has 106 valence electrons. The highest BCUT2D eigenvalue weighted by Gasteiger charge is 2.19. The van der Waals surface area contributed by atoms with Gasteiger partial charge in [0, 0.05) is 6.54 Å². The zero-order valence-corrected chi connectivity index (χ0v) is 11.9. The average Bonchev–Trinajstić information content (AvgIpc) is 2.26. The molecule has 4 nitrogen and oxygen atoms in total. The molecule has 1 aromatic carbocycles. The van der Waals surface area contributed by atoms with E-state index in [0.717, 1.165) is 0 Å². The number of halogens is 1. The van der Waals surface area contributed by atoms with Crippen molar-refractivity contribution in [3.05, 3.63) is 41.9 Å². The van der Waals surface area contributed by atoms with Crippen molar-refractivity contribution in [2.24, 2.45) is 0 Å². The molecule has 19 heavy (non-hydrogen) atoms. The molecule has 0 heterocycles. The Hall–Kier alpha value is -1.40. The van der Waals surface area contributed by atoms with Crippen molar-refractivity contribution < 1.29 is 17.5 Å². The molecule has 0 radical (unpaired) electrons. The smallest absolute Gasteiger partial charge is 0.241 e. The van der Waals surface area contributed by atoms with Gasteiger partial charge in [-0.3, -0.25) is 0 Å². The SMILES string of the molecule is C=COCCCNS(=O)(=O)c1c(C)cc(F)cc1C. The number of nitrogens with one attached hydrogen (secondary N) is 1. The number of benzene rings is 1. The Morgan fingerprint density at radius 2 is 1.95 bits per heavy atom. The summed E-state index contributed by atoms with van der Waals surface area (Å²) in [7, 11) is -3.62. The predicted molar refractivity (Wildman–Crippen MR) is 71.8 cm³/mol. The molecule has 0 fully saturated rings. The predicted octanol–water partition coefficient (Wildman–Crippen LogP) is 2.27. The van der Waals surface area contributed by atoms with Gasteiger partial charge in [-0.05, 0) is 43.5 Å². The Morgan fingerprint density at radius 1 is 1.37 bits per heavy atom. The molecule has 0 aromatic heterocycles. The van der Waals surface area contributed by atoms with Crippen molar-refractivity contribution in [3.8, 4) is 0 Å². The van der Waals surface area contributed by atoms with Crippen LogP contribution in [0.1, 0.15) is 17.5 Å². The molecule has 1 aromatic rings. The van der Waals surface area contributed by atoms with Gasteiger partial charge in [0.25, 0.3) is 0 Å². The van der Waals surface area contributed by atoms with Crippen LogP contribution in [0.25, 0.3) is 0 Å². The summed E-state index contributed by atoms with van der Waals surface area (Å²) in [6.07, 6.45) is 1.84. The van der Waals surface area contributed by atoms with E-state index in [1.54, 1.807) is 13.8 Å². The van der Waals surface area contributed by atoms with Gasteiger partial charge in [-0.2, -0.15) is 0 Å². The van der Waals surface area contributed by atoms with Crippen LogP contribution in [0.2, 0.25) is 0 Å². The molecule has 0 amide bonds. The first-order chi connectivity index (χ1) is 8.88. The average molecular weight is 287 g/mol. The zero-order chi connectivity index (χ0) is 14.5. The van der Waals surface area contributed by atoms with Crippen LogP contribution >= 0.6 is 0 Å². The first-order valence-electron chi connectivity index (χ1n) is 5.87. The Kier molecular flexibility index (Phi) is 5.50. The van der Waals surface area contributed by atoms with Gasteiger partial charge in [0.2, 0.25) is 10.0 Å². The van der Waals surface area contributed by atoms with Gasteiger partial charge in [-0.1, -0.05) is 6.58 Å². The van der Waals surface area contributed by atoms with Gasteiger partial charge < -0.3 is 4.74 Å². The lowest BCUT2D eigenvalue weighted by molar-refractivity contribution is 0.247. The van der Waals surface area contributed by atoms with Crippen molar-refractivity contribution in [1.29, 1.82) is 0 Å². The molecular formula is C13H18FNO3S. The number of sulfonamides is 1. The second-order valence-electron chi connectivity index (χ2n) is 4.16. The molecule has 0 spiro atoms. The third-order valence-corrected chi connectivity index (χ3v) is 4.31. The monoisotopic (exact) mass is 287 g/mol. The van der Waals surface area contributed by atoms with Crippen LogP contribution in [0.4, 0.5) is 4.39 Å². The highest BCUT2D eigenvalue weighted by molar-refractivity contribution is 7.89. The topological polar surface area (TPSA) is 55.4 Å². The Morgan fingerprint density at radius 3 is 2.47 bits per heavy atom. The number of hydrogen-bond donors (Lipinski definition) is 1. The quantitative estimate of drug-likeness (QED) is 0.618. The summed E-state index contributed by atoms with van der Waals surface area (Å²) in [5.74, 6) is -0.437. The fourth-order valence-corrected chi connectivity index (χ4v) is 3.36. The number of hydrogen-bond acceptors (Lipinski definition) is 3. The summed E-state index contributed by atoms with van der Waals surface area (Å²) in [5, 5.41) is 0. The fraction of sp³-hybridized carbons (Fsp3) is 0.385. The van der Waals surface area contributed by atoms with E-state index in [1.807, 2.05) is 0 Å². The number of aryl methyl sites for hydroxylation is 2. The van der Waals surface area contributed by atoms with Gasteiger partial charge in [-0.15, -0.1) is 0 Å². The second kappa shape index (κ2) is 6.68. The van der Waals surface area contributed by atoms with Crippen LogP contribution < -0.4 is 4.72 Å². The molecule has 0 saturated carbocycles. The van der Waals surface area contributed by atoms with E-state index in [1.165, 1.54) is 18.4 Å². The molecule has 0 aliphatic rings. The van der Waals surface area contributed by atoms with Crippen molar-refractivity contribution in [1.82, 2.24) is 4.72 Å². The molecule has 1 N–H and O–H groups in total. The Labute approximate surface area is 113 Å². The Balaban J connectivity index is 2.80. The lowest BCUT2D eigenvalue weighted by atomic mass is 10.1. The van der Waals surface area contributed by atoms with Crippen molar-refractivity contribution in [2.75, 3.05) is 13.2 Å². The summed E-state index contributed by atoms with van der Waals surface area (Å²) in [6.45, 7) is 7.19. The van der Waals surface area contributed by atoms with Crippen molar-refractivity contribution >= 4 is 10.0 Å². The first kappa shape index (κ1) is 15.7. The molecule has 6 heteroatoms. The highest BCUT2D eigenvalue weighted by atomic mass is 32.2. The summed E-state index contributed by atoms with van der Waals surface area (Å²) in [5.41, 5.74) is 0.791. The lowest BCUT2D eigenvalue weighted by Gasteiger charge is -2.12. The molecule has 1 rings (SSSR count). The van der Waals surface area contributed by atoms with Crippen LogP contribution in [0.3, 0.4) is 0 Å². The largest absolute Gasteiger partial charge is 0.502 e. The summed E-state index contributed by atoms with van der Waals surface area (Å²) in [6, 6.07) is 2.42. The maximum atomic E-state index is 13.1. The molecule has 0 atom stereocenters. The standard InChI is InChI=1S/C13H18FNO3S/c1-4-18-7-5-6-15-19(16,17)13-10(2)8-12(14)9-11(13)3/h4,8-9,15H,1,5-7H2,2-3H3. The van der Waals surface area contributed by atoms with Crippen LogP contribution in [-0.4, -0.2) is 21.6 Å². The van der Waals surface area contributed by atoms with E-state index in [-0.39, 0.29) is 11.4 Å². The number of rotatable bonds is 7. The van der Waals surface area contributed by atoms with Crippen molar-refractivity contribution in [2.45, 2.75) is 25.2 Å². The van der Waals surface area contributed by atoms with Gasteiger partial charge >= 0.3 is 0 Å². The van der Waals surface area contributed by atoms with Gasteiger partial charge in [0.15, 0.2) is 0 Å². The maximum absolute atomic E-state index is 13.1. The summed E-state index contributed by atoms with van der Waals surface area (Å²) < 4.78 is 44.8. The first-order valence-corrected chi connectivity index (χ1v) is 7.35.